The van der Waals surface area contributed by atoms with Crippen molar-refractivity contribution in [3.05, 3.63) is 22.5 Å². The van der Waals surface area contributed by atoms with Crippen LogP contribution in [0.3, 0.4) is 0 Å². The standard InChI is InChI=1S/C13H12BrFN4O/c1-19-5-9(15)10(6-19)18-13-12(14)8-2-7(3-16)20-11(8)4-17-13/h2,4,9-10H,5-6H2,1H3,(H,17,18)/t9-,10+/m1/s1. The number of furan rings is 1. The summed E-state index contributed by atoms with van der Waals surface area (Å²) in [6.07, 6.45) is 0.609. The van der Waals surface area contributed by atoms with Gasteiger partial charge in [0.25, 0.3) is 0 Å². The lowest BCUT2D eigenvalue weighted by Gasteiger charge is -2.16. The van der Waals surface area contributed by atoms with Crippen molar-refractivity contribution in [2.24, 2.45) is 0 Å². The second kappa shape index (κ2) is 5.04. The molecule has 0 saturated carbocycles. The molecule has 2 aromatic rings. The third-order valence-corrected chi connectivity index (χ3v) is 4.18. The molecule has 1 aliphatic heterocycles. The lowest BCUT2D eigenvalue weighted by molar-refractivity contribution is 0.314. The normalized spacial score (nSPS) is 23.1. The molecule has 104 valence electrons. The van der Waals surface area contributed by atoms with E-state index in [1.54, 1.807) is 6.07 Å². The average molecular weight is 339 g/mol. The SMILES string of the molecule is CN1C[C@@H](F)[C@@H](Nc2ncc3oc(C#N)cc3c2Br)C1. The molecule has 1 N–H and O–H groups in total. The third kappa shape index (κ3) is 2.25. The fourth-order valence-electron chi connectivity index (χ4n) is 2.40. The molecule has 0 aliphatic carbocycles. The van der Waals surface area contributed by atoms with Crippen LogP contribution >= 0.6 is 15.9 Å². The molecule has 2 atom stereocenters. The molecule has 5 nitrogen and oxygen atoms in total. The maximum atomic E-state index is 13.8. The number of likely N-dealkylation sites (tertiary alicyclic amines) is 1. The van der Waals surface area contributed by atoms with Crippen LogP contribution in [0.1, 0.15) is 5.76 Å². The maximum Gasteiger partial charge on any atom is 0.204 e. The van der Waals surface area contributed by atoms with Gasteiger partial charge in [0.1, 0.15) is 18.1 Å². The minimum Gasteiger partial charge on any atom is -0.444 e. The topological polar surface area (TPSA) is 65.1 Å². The number of nitriles is 1. The summed E-state index contributed by atoms with van der Waals surface area (Å²) in [6, 6.07) is 3.30. The van der Waals surface area contributed by atoms with Crippen LogP contribution in [0.15, 0.2) is 21.2 Å². The van der Waals surface area contributed by atoms with Crippen molar-refractivity contribution >= 4 is 32.7 Å². The zero-order valence-electron chi connectivity index (χ0n) is 10.7. The lowest BCUT2D eigenvalue weighted by atomic mass is 10.2. The summed E-state index contributed by atoms with van der Waals surface area (Å²) in [6.45, 7) is 1.05. The Bertz CT molecular complexity index is 695. The Balaban J connectivity index is 1.92. The predicted octanol–water partition coefficient (Wildman–Crippen LogP) is 2.53. The number of fused-ring (bicyclic) bond motifs is 1. The minimum atomic E-state index is -0.927. The third-order valence-electron chi connectivity index (χ3n) is 3.38. The van der Waals surface area contributed by atoms with Crippen LogP contribution in [0.2, 0.25) is 0 Å². The van der Waals surface area contributed by atoms with Crippen molar-refractivity contribution in [2.45, 2.75) is 12.2 Å². The van der Waals surface area contributed by atoms with E-state index < -0.39 is 6.17 Å². The molecule has 0 amide bonds. The Kier molecular flexibility index (Phi) is 3.36. The number of nitrogens with one attached hydrogen (secondary N) is 1. The number of nitrogens with zero attached hydrogens (tertiary/aromatic N) is 3. The molecule has 0 aromatic carbocycles. The number of alkyl halides is 1. The Labute approximate surface area is 123 Å². The van der Waals surface area contributed by atoms with Crippen molar-refractivity contribution in [3.63, 3.8) is 0 Å². The van der Waals surface area contributed by atoms with Crippen LogP contribution in [0.5, 0.6) is 0 Å². The number of anilines is 1. The van der Waals surface area contributed by atoms with Crippen LogP contribution in [0.25, 0.3) is 11.0 Å². The van der Waals surface area contributed by atoms with Crippen LogP contribution in [0.4, 0.5) is 10.2 Å². The molecule has 7 heteroatoms. The minimum absolute atomic E-state index is 0.226. The number of halogens is 2. The molecular formula is C13H12BrFN4O. The number of aromatic nitrogens is 1. The van der Waals surface area contributed by atoms with Crippen molar-refractivity contribution in [1.82, 2.24) is 9.88 Å². The largest absolute Gasteiger partial charge is 0.444 e. The van der Waals surface area contributed by atoms with Gasteiger partial charge < -0.3 is 14.6 Å². The van der Waals surface area contributed by atoms with Crippen molar-refractivity contribution < 1.29 is 8.81 Å². The van der Waals surface area contributed by atoms with E-state index in [0.29, 0.717) is 29.0 Å². The quantitative estimate of drug-likeness (QED) is 0.911. The van der Waals surface area contributed by atoms with E-state index in [1.165, 1.54) is 6.20 Å². The molecule has 0 unspecified atom stereocenters. The molecule has 0 spiro atoms. The summed E-state index contributed by atoms with van der Waals surface area (Å²) < 4.78 is 19.8. The highest BCUT2D eigenvalue weighted by Crippen LogP contribution is 2.32. The number of rotatable bonds is 2. The predicted molar refractivity (Wildman–Crippen MR) is 76.2 cm³/mol. The van der Waals surface area contributed by atoms with Gasteiger partial charge in [-0.2, -0.15) is 5.26 Å². The van der Waals surface area contributed by atoms with Crippen molar-refractivity contribution in [3.8, 4) is 6.07 Å². The zero-order chi connectivity index (χ0) is 14.3. The van der Waals surface area contributed by atoms with Gasteiger partial charge in [-0.25, -0.2) is 9.37 Å². The molecule has 1 saturated heterocycles. The summed E-state index contributed by atoms with van der Waals surface area (Å²) in [5, 5.41) is 12.7. The monoisotopic (exact) mass is 338 g/mol. The summed E-state index contributed by atoms with van der Waals surface area (Å²) in [7, 11) is 1.88. The molecule has 3 heterocycles. The summed E-state index contributed by atoms with van der Waals surface area (Å²) >= 11 is 3.44. The van der Waals surface area contributed by atoms with Crippen LogP contribution in [0, 0.1) is 11.3 Å². The smallest absolute Gasteiger partial charge is 0.204 e. The van der Waals surface area contributed by atoms with Gasteiger partial charge in [0.2, 0.25) is 5.76 Å². The maximum absolute atomic E-state index is 13.8. The highest BCUT2D eigenvalue weighted by atomic mass is 79.9. The summed E-state index contributed by atoms with van der Waals surface area (Å²) in [5.41, 5.74) is 0.527. The van der Waals surface area contributed by atoms with Crippen LogP contribution in [-0.4, -0.2) is 42.2 Å². The van der Waals surface area contributed by atoms with Gasteiger partial charge in [0.05, 0.1) is 16.7 Å². The fraction of sp³-hybridized carbons (Fsp3) is 0.385. The Morgan fingerprint density at radius 3 is 3.05 bits per heavy atom. The van der Waals surface area contributed by atoms with Gasteiger partial charge in [-0.3, -0.25) is 0 Å². The Morgan fingerprint density at radius 1 is 1.60 bits per heavy atom. The Morgan fingerprint density at radius 2 is 2.40 bits per heavy atom. The van der Waals surface area contributed by atoms with Crippen molar-refractivity contribution in [1.29, 1.82) is 5.26 Å². The molecule has 20 heavy (non-hydrogen) atoms. The number of hydrogen-bond donors (Lipinski definition) is 1. The molecule has 1 aliphatic rings. The average Bonchev–Trinajstić information content (AvgIpc) is 2.97. The number of hydrogen-bond acceptors (Lipinski definition) is 5. The highest BCUT2D eigenvalue weighted by Gasteiger charge is 2.31. The van der Waals surface area contributed by atoms with Crippen molar-refractivity contribution in [2.75, 3.05) is 25.5 Å². The first kappa shape index (κ1) is 13.3. The molecule has 0 radical (unpaired) electrons. The van der Waals surface area contributed by atoms with E-state index >= 15 is 0 Å². The second-order valence-electron chi connectivity index (χ2n) is 4.91. The number of pyridine rings is 1. The fourth-order valence-corrected chi connectivity index (χ4v) is 2.92. The zero-order valence-corrected chi connectivity index (χ0v) is 12.3. The van der Waals surface area contributed by atoms with Gasteiger partial charge in [0.15, 0.2) is 5.58 Å². The van der Waals surface area contributed by atoms with Gasteiger partial charge in [-0.05, 0) is 23.0 Å². The van der Waals surface area contributed by atoms with E-state index in [-0.39, 0.29) is 11.8 Å². The first-order valence-electron chi connectivity index (χ1n) is 6.16. The van der Waals surface area contributed by atoms with Gasteiger partial charge in [-0.1, -0.05) is 0 Å². The summed E-state index contributed by atoms with van der Waals surface area (Å²) in [4.78, 5) is 6.16. The van der Waals surface area contributed by atoms with Crippen LogP contribution in [-0.2, 0) is 0 Å². The first-order valence-corrected chi connectivity index (χ1v) is 6.95. The lowest BCUT2D eigenvalue weighted by Crippen LogP contribution is -2.30. The van der Waals surface area contributed by atoms with Crippen LogP contribution < -0.4 is 5.32 Å². The number of likely N-dealkylation sites (N-methyl/N-ethyl adjacent to an activating group) is 1. The highest BCUT2D eigenvalue weighted by molar-refractivity contribution is 9.10. The van der Waals surface area contributed by atoms with Gasteiger partial charge in [0, 0.05) is 24.5 Å². The van der Waals surface area contributed by atoms with Gasteiger partial charge >= 0.3 is 0 Å². The molecular weight excluding hydrogens is 327 g/mol. The van der Waals surface area contributed by atoms with E-state index in [4.69, 9.17) is 9.68 Å². The molecule has 0 bridgehead atoms. The first-order chi connectivity index (χ1) is 9.58. The Hall–Kier alpha value is -1.65. The second-order valence-corrected chi connectivity index (χ2v) is 5.70. The summed E-state index contributed by atoms with van der Waals surface area (Å²) in [5.74, 6) is 0.786. The van der Waals surface area contributed by atoms with E-state index in [9.17, 15) is 4.39 Å². The van der Waals surface area contributed by atoms with E-state index in [1.807, 2.05) is 18.0 Å². The van der Waals surface area contributed by atoms with Gasteiger partial charge in [-0.15, -0.1) is 0 Å². The van der Waals surface area contributed by atoms with E-state index in [2.05, 4.69) is 26.2 Å². The molecule has 2 aromatic heterocycles. The van der Waals surface area contributed by atoms with E-state index in [0.717, 1.165) is 5.39 Å². The molecule has 3 rings (SSSR count). The molecule has 1 fully saturated rings.